The Bertz CT molecular complexity index is 914. The van der Waals surface area contributed by atoms with E-state index < -0.39 is 23.4 Å². The molecule has 3 aromatic rings. The van der Waals surface area contributed by atoms with Gasteiger partial charge in [0.25, 0.3) is 5.91 Å². The molecule has 0 spiro atoms. The molecule has 0 fully saturated rings. The zero-order chi connectivity index (χ0) is 17.8. The van der Waals surface area contributed by atoms with E-state index in [1.165, 1.54) is 36.5 Å². The van der Waals surface area contributed by atoms with Crippen molar-refractivity contribution >= 4 is 23.0 Å². The van der Waals surface area contributed by atoms with Crippen LogP contribution in [0.5, 0.6) is 0 Å². The highest BCUT2D eigenvalue weighted by molar-refractivity contribution is 6.03. The second-order valence-corrected chi connectivity index (χ2v) is 5.12. The monoisotopic (exact) mass is 343 g/mol. The van der Waals surface area contributed by atoms with Crippen LogP contribution in [-0.4, -0.2) is 10.9 Å². The normalized spacial score (nSPS) is 10.4. The zero-order valence-electron chi connectivity index (χ0n) is 12.8. The number of hydrogen-bond donors (Lipinski definition) is 2. The van der Waals surface area contributed by atoms with Crippen LogP contribution < -0.4 is 10.6 Å². The van der Waals surface area contributed by atoms with E-state index >= 15 is 0 Å². The van der Waals surface area contributed by atoms with Gasteiger partial charge in [-0.3, -0.25) is 4.79 Å². The Morgan fingerprint density at radius 1 is 0.840 bits per heavy atom. The number of nitrogens with one attached hydrogen (secondary N) is 2. The van der Waals surface area contributed by atoms with E-state index in [1.54, 1.807) is 12.1 Å². The van der Waals surface area contributed by atoms with Crippen LogP contribution in [-0.2, 0) is 0 Å². The molecule has 2 N–H and O–H groups in total. The van der Waals surface area contributed by atoms with Gasteiger partial charge in [0.05, 0.1) is 17.6 Å². The van der Waals surface area contributed by atoms with E-state index in [2.05, 4.69) is 15.6 Å². The number of hydrogen-bond acceptors (Lipinski definition) is 3. The van der Waals surface area contributed by atoms with Crippen LogP contribution in [0.2, 0.25) is 0 Å². The van der Waals surface area contributed by atoms with Gasteiger partial charge in [0.2, 0.25) is 0 Å². The third kappa shape index (κ3) is 3.95. The fourth-order valence-electron chi connectivity index (χ4n) is 2.09. The molecule has 1 amide bonds. The van der Waals surface area contributed by atoms with Crippen molar-refractivity contribution in [2.75, 3.05) is 10.6 Å². The maximum atomic E-state index is 13.5. The SMILES string of the molecule is O=C(Nc1ccccc1F)c1ccc(Nc2ccc(F)c(F)c2)cn1. The molecule has 0 radical (unpaired) electrons. The first-order chi connectivity index (χ1) is 12.0. The van der Waals surface area contributed by atoms with Crippen LogP contribution in [0.25, 0.3) is 0 Å². The van der Waals surface area contributed by atoms with Crippen molar-refractivity contribution in [3.63, 3.8) is 0 Å². The van der Waals surface area contributed by atoms with Crippen molar-refractivity contribution in [3.8, 4) is 0 Å². The highest BCUT2D eigenvalue weighted by atomic mass is 19.2. The van der Waals surface area contributed by atoms with Crippen LogP contribution in [0.15, 0.2) is 60.8 Å². The molecule has 1 heterocycles. The maximum Gasteiger partial charge on any atom is 0.274 e. The first kappa shape index (κ1) is 16.5. The van der Waals surface area contributed by atoms with Gasteiger partial charge in [-0.15, -0.1) is 0 Å². The fourth-order valence-corrected chi connectivity index (χ4v) is 2.09. The summed E-state index contributed by atoms with van der Waals surface area (Å²) < 4.78 is 39.6. The summed E-state index contributed by atoms with van der Waals surface area (Å²) in [4.78, 5) is 16.0. The third-order valence-electron chi connectivity index (χ3n) is 3.33. The van der Waals surface area contributed by atoms with Gasteiger partial charge >= 0.3 is 0 Å². The van der Waals surface area contributed by atoms with E-state index in [9.17, 15) is 18.0 Å². The van der Waals surface area contributed by atoms with E-state index in [0.29, 0.717) is 11.4 Å². The molecule has 7 heteroatoms. The largest absolute Gasteiger partial charge is 0.354 e. The fraction of sp³-hybridized carbons (Fsp3) is 0. The van der Waals surface area contributed by atoms with Gasteiger partial charge in [0.15, 0.2) is 11.6 Å². The molecular weight excluding hydrogens is 331 g/mol. The molecule has 0 saturated carbocycles. The van der Waals surface area contributed by atoms with Gasteiger partial charge in [-0.2, -0.15) is 0 Å². The van der Waals surface area contributed by atoms with Gasteiger partial charge in [0.1, 0.15) is 11.5 Å². The number of nitrogens with zero attached hydrogens (tertiary/aromatic N) is 1. The summed E-state index contributed by atoms with van der Waals surface area (Å²) in [5, 5.41) is 5.26. The van der Waals surface area contributed by atoms with Gasteiger partial charge in [-0.1, -0.05) is 12.1 Å². The van der Waals surface area contributed by atoms with Crippen molar-refractivity contribution in [1.82, 2.24) is 4.98 Å². The minimum Gasteiger partial charge on any atom is -0.354 e. The number of carbonyl (C=O) groups is 1. The summed E-state index contributed by atoms with van der Waals surface area (Å²) in [6.45, 7) is 0. The number of aromatic nitrogens is 1. The number of halogens is 3. The van der Waals surface area contributed by atoms with Crippen LogP contribution >= 0.6 is 0 Å². The lowest BCUT2D eigenvalue weighted by Crippen LogP contribution is -2.14. The number of benzene rings is 2. The molecule has 4 nitrogen and oxygen atoms in total. The lowest BCUT2D eigenvalue weighted by Gasteiger charge is -2.08. The van der Waals surface area contributed by atoms with Gasteiger partial charge in [-0.25, -0.2) is 18.2 Å². The molecule has 0 aliphatic carbocycles. The second-order valence-electron chi connectivity index (χ2n) is 5.12. The summed E-state index contributed by atoms with van der Waals surface area (Å²) in [7, 11) is 0. The van der Waals surface area contributed by atoms with Crippen molar-refractivity contribution < 1.29 is 18.0 Å². The van der Waals surface area contributed by atoms with E-state index in [0.717, 1.165) is 12.1 Å². The first-order valence-corrected chi connectivity index (χ1v) is 7.27. The Morgan fingerprint density at radius 2 is 1.60 bits per heavy atom. The predicted octanol–water partition coefficient (Wildman–Crippen LogP) is 4.49. The molecule has 3 rings (SSSR count). The second kappa shape index (κ2) is 7.04. The van der Waals surface area contributed by atoms with Crippen LogP contribution in [0.4, 0.5) is 30.2 Å². The van der Waals surface area contributed by atoms with Crippen molar-refractivity contribution in [2.24, 2.45) is 0 Å². The molecule has 0 aliphatic rings. The van der Waals surface area contributed by atoms with E-state index in [1.807, 2.05) is 0 Å². The summed E-state index contributed by atoms with van der Waals surface area (Å²) in [6, 6.07) is 12.1. The first-order valence-electron chi connectivity index (χ1n) is 7.27. The summed E-state index contributed by atoms with van der Waals surface area (Å²) in [6.07, 6.45) is 1.36. The molecule has 2 aromatic carbocycles. The minimum atomic E-state index is -0.973. The average molecular weight is 343 g/mol. The Labute approximate surface area is 141 Å². The summed E-state index contributed by atoms with van der Waals surface area (Å²) >= 11 is 0. The highest BCUT2D eigenvalue weighted by Gasteiger charge is 2.10. The third-order valence-corrected chi connectivity index (χ3v) is 3.33. The molecule has 126 valence electrons. The lowest BCUT2D eigenvalue weighted by molar-refractivity contribution is 0.102. The van der Waals surface area contributed by atoms with E-state index in [-0.39, 0.29) is 11.4 Å². The van der Waals surface area contributed by atoms with Gasteiger partial charge < -0.3 is 10.6 Å². The predicted molar refractivity (Wildman–Crippen MR) is 88.2 cm³/mol. The maximum absolute atomic E-state index is 13.5. The Morgan fingerprint density at radius 3 is 2.28 bits per heavy atom. The Balaban J connectivity index is 1.70. The quantitative estimate of drug-likeness (QED) is 0.734. The Hall–Kier alpha value is -3.35. The summed E-state index contributed by atoms with van der Waals surface area (Å²) in [5.74, 6) is -3.03. The summed E-state index contributed by atoms with van der Waals surface area (Å²) in [5.41, 5.74) is 0.954. The number of para-hydroxylation sites is 1. The molecule has 0 saturated heterocycles. The van der Waals surface area contributed by atoms with E-state index in [4.69, 9.17) is 0 Å². The Kier molecular flexibility index (Phi) is 4.65. The van der Waals surface area contributed by atoms with Gasteiger partial charge in [0, 0.05) is 11.8 Å². The number of anilines is 3. The van der Waals surface area contributed by atoms with Gasteiger partial charge in [-0.05, 0) is 36.4 Å². The zero-order valence-corrected chi connectivity index (χ0v) is 12.8. The highest BCUT2D eigenvalue weighted by Crippen LogP contribution is 2.19. The molecule has 0 atom stereocenters. The smallest absolute Gasteiger partial charge is 0.274 e. The molecule has 0 bridgehead atoms. The lowest BCUT2D eigenvalue weighted by atomic mass is 10.2. The van der Waals surface area contributed by atoms with Crippen molar-refractivity contribution in [3.05, 3.63) is 83.9 Å². The molecular formula is C18H12F3N3O. The number of amides is 1. The minimum absolute atomic E-state index is 0.0540. The van der Waals surface area contributed by atoms with Crippen LogP contribution in [0.1, 0.15) is 10.5 Å². The standard InChI is InChI=1S/C18H12F3N3O/c19-13-7-5-11(9-15(13)21)23-12-6-8-17(22-10-12)18(25)24-16-4-2-1-3-14(16)20/h1-10,23H,(H,24,25). The van der Waals surface area contributed by atoms with Crippen LogP contribution in [0.3, 0.4) is 0 Å². The molecule has 25 heavy (non-hydrogen) atoms. The number of rotatable bonds is 4. The number of pyridine rings is 1. The number of carbonyl (C=O) groups excluding carboxylic acids is 1. The molecule has 0 unspecified atom stereocenters. The molecule has 0 aliphatic heterocycles. The van der Waals surface area contributed by atoms with Crippen molar-refractivity contribution in [2.45, 2.75) is 0 Å². The average Bonchev–Trinajstić information content (AvgIpc) is 2.61. The molecule has 1 aromatic heterocycles. The topological polar surface area (TPSA) is 54.0 Å². The van der Waals surface area contributed by atoms with Crippen molar-refractivity contribution in [1.29, 1.82) is 0 Å². The van der Waals surface area contributed by atoms with Crippen LogP contribution in [0, 0.1) is 17.5 Å².